The zero-order valence-corrected chi connectivity index (χ0v) is 15.3. The van der Waals surface area contributed by atoms with Gasteiger partial charge in [-0.3, -0.25) is 14.4 Å². The highest BCUT2D eigenvalue weighted by Gasteiger charge is 2.37. The van der Waals surface area contributed by atoms with Gasteiger partial charge in [-0.05, 0) is 17.7 Å². The van der Waals surface area contributed by atoms with Crippen molar-refractivity contribution in [2.45, 2.75) is 13.0 Å². The van der Waals surface area contributed by atoms with Gasteiger partial charge in [0.15, 0.2) is 6.61 Å². The van der Waals surface area contributed by atoms with Gasteiger partial charge in [0.05, 0.1) is 16.6 Å². The van der Waals surface area contributed by atoms with Crippen molar-refractivity contribution in [3.63, 3.8) is 0 Å². The summed E-state index contributed by atoms with van der Waals surface area (Å²) in [6, 6.07) is 16.4. The van der Waals surface area contributed by atoms with Gasteiger partial charge in [-0.1, -0.05) is 54.1 Å². The number of benzene rings is 2. The Morgan fingerprint density at radius 3 is 2.56 bits per heavy atom. The van der Waals surface area contributed by atoms with Crippen molar-refractivity contribution in [3.05, 3.63) is 65.2 Å². The molecule has 0 saturated carbocycles. The maximum atomic E-state index is 12.2. The number of ether oxygens (including phenoxy) is 1. The molecule has 2 amide bonds. The summed E-state index contributed by atoms with van der Waals surface area (Å²) in [6.07, 6.45) is 0.0374. The van der Waals surface area contributed by atoms with Crippen LogP contribution in [0.15, 0.2) is 54.6 Å². The van der Waals surface area contributed by atoms with Crippen molar-refractivity contribution in [2.24, 2.45) is 5.92 Å². The number of amides is 2. The molecule has 0 unspecified atom stereocenters. The number of rotatable bonds is 6. The Bertz CT molecular complexity index is 841. The fraction of sp³-hybridized carbons (Fsp3) is 0.250. The second-order valence-corrected chi connectivity index (χ2v) is 6.63. The van der Waals surface area contributed by atoms with Crippen LogP contribution < -0.4 is 10.2 Å². The number of hydrogen-bond acceptors (Lipinski definition) is 4. The Kier molecular flexibility index (Phi) is 6.08. The summed E-state index contributed by atoms with van der Waals surface area (Å²) in [5.74, 6) is -1.76. The molecule has 0 bridgehead atoms. The third kappa shape index (κ3) is 4.86. The molecule has 2 aromatic rings. The lowest BCUT2D eigenvalue weighted by molar-refractivity contribution is -0.152. The Balaban J connectivity index is 1.48. The molecule has 140 valence electrons. The van der Waals surface area contributed by atoms with Crippen LogP contribution in [0, 0.1) is 5.92 Å². The molecule has 3 rings (SSSR count). The molecule has 1 atom stereocenters. The van der Waals surface area contributed by atoms with Gasteiger partial charge in [-0.15, -0.1) is 0 Å². The molecule has 2 aromatic carbocycles. The first-order chi connectivity index (χ1) is 13.0. The first kappa shape index (κ1) is 18.9. The number of carbonyl (C=O) groups is 3. The summed E-state index contributed by atoms with van der Waals surface area (Å²) < 4.78 is 5.08. The Hall–Kier alpha value is -2.86. The number of hydrogen-bond donors (Lipinski definition) is 1. The molecule has 1 aliphatic rings. The van der Waals surface area contributed by atoms with Gasteiger partial charge in [-0.2, -0.15) is 0 Å². The highest BCUT2D eigenvalue weighted by Crippen LogP contribution is 2.31. The molecule has 7 heteroatoms. The van der Waals surface area contributed by atoms with Crippen molar-refractivity contribution >= 4 is 35.1 Å². The number of esters is 1. The van der Waals surface area contributed by atoms with Crippen LogP contribution in [0.5, 0.6) is 0 Å². The van der Waals surface area contributed by atoms with E-state index in [0.29, 0.717) is 17.3 Å². The normalized spacial score (nSPS) is 16.3. The van der Waals surface area contributed by atoms with E-state index in [-0.39, 0.29) is 31.4 Å². The zero-order valence-electron chi connectivity index (χ0n) is 14.6. The Morgan fingerprint density at radius 2 is 1.81 bits per heavy atom. The van der Waals surface area contributed by atoms with Crippen LogP contribution in [0.3, 0.4) is 0 Å². The van der Waals surface area contributed by atoms with Crippen molar-refractivity contribution in [2.75, 3.05) is 18.1 Å². The van der Waals surface area contributed by atoms with E-state index in [2.05, 4.69) is 5.32 Å². The molecular weight excluding hydrogens is 368 g/mol. The third-order valence-electron chi connectivity index (χ3n) is 4.28. The predicted molar refractivity (Wildman–Crippen MR) is 101 cm³/mol. The van der Waals surface area contributed by atoms with Crippen molar-refractivity contribution < 1.29 is 19.1 Å². The second-order valence-electron chi connectivity index (χ2n) is 6.23. The summed E-state index contributed by atoms with van der Waals surface area (Å²) in [4.78, 5) is 37.8. The minimum absolute atomic E-state index is 0.0374. The summed E-state index contributed by atoms with van der Waals surface area (Å²) in [7, 11) is 0. The number of halogens is 1. The van der Waals surface area contributed by atoms with Crippen LogP contribution in [0.4, 0.5) is 5.69 Å². The summed E-state index contributed by atoms with van der Waals surface area (Å²) in [5, 5.41) is 3.13. The van der Waals surface area contributed by atoms with Gasteiger partial charge in [0.2, 0.25) is 5.91 Å². The molecule has 6 nitrogen and oxygen atoms in total. The summed E-state index contributed by atoms with van der Waals surface area (Å²) >= 11 is 6.12. The molecule has 1 fully saturated rings. The van der Waals surface area contributed by atoms with Crippen molar-refractivity contribution in [1.29, 1.82) is 0 Å². The fourth-order valence-corrected chi connectivity index (χ4v) is 3.11. The molecule has 27 heavy (non-hydrogen) atoms. The third-order valence-corrected chi connectivity index (χ3v) is 4.60. The number of nitrogens with zero attached hydrogens (tertiary/aromatic N) is 1. The topological polar surface area (TPSA) is 75.7 Å². The fourth-order valence-electron chi connectivity index (χ4n) is 2.87. The average molecular weight is 387 g/mol. The van der Waals surface area contributed by atoms with Crippen molar-refractivity contribution in [1.82, 2.24) is 5.32 Å². The van der Waals surface area contributed by atoms with E-state index in [4.69, 9.17) is 16.3 Å². The summed E-state index contributed by atoms with van der Waals surface area (Å²) in [6.45, 7) is 0.176. The maximum Gasteiger partial charge on any atom is 0.311 e. The van der Waals surface area contributed by atoms with E-state index in [0.717, 1.165) is 5.56 Å². The number of nitrogens with one attached hydrogen (secondary N) is 1. The average Bonchev–Trinajstić information content (AvgIpc) is 3.07. The largest absolute Gasteiger partial charge is 0.455 e. The molecule has 1 aliphatic heterocycles. The molecule has 1 N–H and O–H groups in total. The second kappa shape index (κ2) is 8.68. The monoisotopic (exact) mass is 386 g/mol. The minimum Gasteiger partial charge on any atom is -0.455 e. The molecule has 1 saturated heterocycles. The van der Waals surface area contributed by atoms with Gasteiger partial charge in [-0.25, -0.2) is 0 Å². The molecule has 1 heterocycles. The van der Waals surface area contributed by atoms with E-state index in [1.54, 1.807) is 24.3 Å². The molecular formula is C20H19ClN2O4. The lowest BCUT2D eigenvalue weighted by Crippen LogP contribution is -2.31. The van der Waals surface area contributed by atoms with Gasteiger partial charge in [0.25, 0.3) is 5.91 Å². The summed E-state index contributed by atoms with van der Waals surface area (Å²) in [5.41, 5.74) is 1.52. The first-order valence-electron chi connectivity index (χ1n) is 8.57. The van der Waals surface area contributed by atoms with E-state index < -0.39 is 11.9 Å². The van der Waals surface area contributed by atoms with E-state index in [1.165, 1.54) is 4.90 Å². The minimum atomic E-state index is -0.615. The van der Waals surface area contributed by atoms with Gasteiger partial charge < -0.3 is 15.0 Å². The van der Waals surface area contributed by atoms with Gasteiger partial charge >= 0.3 is 5.97 Å². The molecule has 0 aliphatic carbocycles. The van der Waals surface area contributed by atoms with Crippen LogP contribution in [0.1, 0.15) is 12.0 Å². The first-order valence-corrected chi connectivity index (χ1v) is 8.94. The standard InChI is InChI=1S/C20H19ClN2O4/c21-16-8-4-5-9-17(16)23-12-15(10-19(23)25)20(26)27-13-18(24)22-11-14-6-2-1-3-7-14/h1-9,15H,10-13H2,(H,22,24)/t15-/m1/s1. The quantitative estimate of drug-likeness (QED) is 0.774. The maximum absolute atomic E-state index is 12.2. The SMILES string of the molecule is O=C(COC(=O)[C@@H]1CC(=O)N(c2ccccc2Cl)C1)NCc1ccccc1. The lowest BCUT2D eigenvalue weighted by atomic mass is 10.1. The van der Waals surface area contributed by atoms with Gasteiger partial charge in [0.1, 0.15) is 0 Å². The highest BCUT2D eigenvalue weighted by atomic mass is 35.5. The van der Waals surface area contributed by atoms with E-state index >= 15 is 0 Å². The van der Waals surface area contributed by atoms with Crippen LogP contribution >= 0.6 is 11.6 Å². The predicted octanol–water partition coefficient (Wildman–Crippen LogP) is 2.55. The molecule has 0 aromatic heterocycles. The lowest BCUT2D eigenvalue weighted by Gasteiger charge is -2.17. The van der Waals surface area contributed by atoms with E-state index in [1.807, 2.05) is 30.3 Å². The van der Waals surface area contributed by atoms with Gasteiger partial charge in [0, 0.05) is 19.5 Å². The molecule has 0 radical (unpaired) electrons. The van der Waals surface area contributed by atoms with Crippen LogP contribution in [0.25, 0.3) is 0 Å². The van der Waals surface area contributed by atoms with Crippen LogP contribution in [-0.2, 0) is 25.7 Å². The number of anilines is 1. The Morgan fingerprint density at radius 1 is 1.11 bits per heavy atom. The Labute approximate surface area is 162 Å². The van der Waals surface area contributed by atoms with Crippen LogP contribution in [0.2, 0.25) is 5.02 Å². The smallest absolute Gasteiger partial charge is 0.311 e. The number of carbonyl (C=O) groups excluding carboxylic acids is 3. The van der Waals surface area contributed by atoms with E-state index in [9.17, 15) is 14.4 Å². The van der Waals surface area contributed by atoms with Crippen molar-refractivity contribution in [3.8, 4) is 0 Å². The number of para-hydroxylation sites is 1. The zero-order chi connectivity index (χ0) is 19.2. The van der Waals surface area contributed by atoms with Crippen LogP contribution in [-0.4, -0.2) is 30.9 Å². The highest BCUT2D eigenvalue weighted by molar-refractivity contribution is 6.33. The molecule has 0 spiro atoms.